The molecule has 0 saturated carbocycles. The standard InChI is InChI=1S/C17H20N4S/c22-17-19-14-8-10-18-9-7-13(14)16(20-17)21-11-3-5-12-4-1-2-6-15(12)21/h1-2,4,6,18H,3,5,7-11H2,(H,19,20,22). The number of H-pyrrole nitrogens is 1. The molecule has 4 nitrogen and oxygen atoms in total. The van der Waals surface area contributed by atoms with Crippen molar-refractivity contribution in [3.63, 3.8) is 0 Å². The number of benzene rings is 1. The third kappa shape index (κ3) is 2.44. The molecule has 4 rings (SSSR count). The van der Waals surface area contributed by atoms with Crippen molar-refractivity contribution >= 4 is 23.7 Å². The highest BCUT2D eigenvalue weighted by atomic mass is 32.1. The summed E-state index contributed by atoms with van der Waals surface area (Å²) in [6, 6.07) is 8.67. The van der Waals surface area contributed by atoms with Crippen molar-refractivity contribution in [2.75, 3.05) is 24.5 Å². The lowest BCUT2D eigenvalue weighted by Crippen LogP contribution is -2.27. The normalized spacial score (nSPS) is 17.5. The number of aryl methyl sites for hydroxylation is 1. The molecule has 2 aliphatic rings. The molecule has 0 radical (unpaired) electrons. The molecule has 2 aromatic rings. The van der Waals surface area contributed by atoms with Gasteiger partial charge in [0.2, 0.25) is 0 Å². The summed E-state index contributed by atoms with van der Waals surface area (Å²) in [5, 5.41) is 3.46. The second-order valence-electron chi connectivity index (χ2n) is 5.96. The number of hydrogen-bond acceptors (Lipinski definition) is 4. The zero-order valence-corrected chi connectivity index (χ0v) is 13.4. The molecule has 0 unspecified atom stereocenters. The van der Waals surface area contributed by atoms with Gasteiger partial charge < -0.3 is 15.2 Å². The van der Waals surface area contributed by atoms with E-state index in [2.05, 4.69) is 39.5 Å². The first kappa shape index (κ1) is 13.9. The molecule has 2 N–H and O–H groups in total. The minimum Gasteiger partial charge on any atom is -0.334 e. The van der Waals surface area contributed by atoms with Gasteiger partial charge in [-0.05, 0) is 49.7 Å². The largest absolute Gasteiger partial charge is 0.334 e. The lowest BCUT2D eigenvalue weighted by molar-refractivity contribution is 0.707. The first-order valence-corrected chi connectivity index (χ1v) is 8.42. The van der Waals surface area contributed by atoms with E-state index < -0.39 is 0 Å². The predicted octanol–water partition coefficient (Wildman–Crippen LogP) is 2.91. The van der Waals surface area contributed by atoms with Crippen LogP contribution in [-0.2, 0) is 19.3 Å². The first-order chi connectivity index (χ1) is 10.8. The second kappa shape index (κ2) is 5.82. The van der Waals surface area contributed by atoms with E-state index in [0.717, 1.165) is 51.1 Å². The minimum atomic E-state index is 0.596. The van der Waals surface area contributed by atoms with Crippen LogP contribution in [0.1, 0.15) is 23.2 Å². The van der Waals surface area contributed by atoms with Crippen molar-refractivity contribution in [2.45, 2.75) is 25.7 Å². The number of hydrogen-bond donors (Lipinski definition) is 2. The van der Waals surface area contributed by atoms with Gasteiger partial charge in [-0.25, -0.2) is 4.98 Å². The van der Waals surface area contributed by atoms with E-state index in [-0.39, 0.29) is 0 Å². The summed E-state index contributed by atoms with van der Waals surface area (Å²) in [4.78, 5) is 10.4. The molecule has 22 heavy (non-hydrogen) atoms. The van der Waals surface area contributed by atoms with Crippen LogP contribution >= 0.6 is 12.2 Å². The summed E-state index contributed by atoms with van der Waals surface area (Å²) in [6.45, 7) is 3.02. The number of anilines is 2. The molecule has 0 fully saturated rings. The summed E-state index contributed by atoms with van der Waals surface area (Å²) in [7, 11) is 0. The first-order valence-electron chi connectivity index (χ1n) is 8.01. The van der Waals surface area contributed by atoms with Crippen molar-refractivity contribution in [1.29, 1.82) is 0 Å². The highest BCUT2D eigenvalue weighted by molar-refractivity contribution is 7.71. The Morgan fingerprint density at radius 1 is 1.09 bits per heavy atom. The molecule has 1 aromatic carbocycles. The Hall–Kier alpha value is -1.72. The van der Waals surface area contributed by atoms with Crippen LogP contribution in [0.15, 0.2) is 24.3 Å². The summed E-state index contributed by atoms with van der Waals surface area (Å²) in [5.74, 6) is 1.06. The van der Waals surface area contributed by atoms with Crippen molar-refractivity contribution in [3.8, 4) is 0 Å². The zero-order valence-electron chi connectivity index (χ0n) is 12.6. The molecule has 114 valence electrons. The van der Waals surface area contributed by atoms with Gasteiger partial charge in [-0.1, -0.05) is 18.2 Å². The number of fused-ring (bicyclic) bond motifs is 2. The fourth-order valence-corrected chi connectivity index (χ4v) is 3.75. The van der Waals surface area contributed by atoms with E-state index in [4.69, 9.17) is 17.2 Å². The molecule has 5 heteroatoms. The van der Waals surface area contributed by atoms with E-state index in [1.165, 1.54) is 22.5 Å². The molecule has 0 aliphatic carbocycles. The maximum absolute atomic E-state index is 5.38. The smallest absolute Gasteiger partial charge is 0.198 e. The van der Waals surface area contributed by atoms with Gasteiger partial charge >= 0.3 is 0 Å². The van der Waals surface area contributed by atoms with Crippen LogP contribution in [0.5, 0.6) is 0 Å². The summed E-state index contributed by atoms with van der Waals surface area (Å²) < 4.78 is 0.596. The number of aromatic nitrogens is 2. The van der Waals surface area contributed by atoms with E-state index in [9.17, 15) is 0 Å². The van der Waals surface area contributed by atoms with Crippen LogP contribution in [0.4, 0.5) is 11.5 Å². The predicted molar refractivity (Wildman–Crippen MR) is 91.5 cm³/mol. The van der Waals surface area contributed by atoms with Crippen LogP contribution in [0.3, 0.4) is 0 Å². The molecule has 0 spiro atoms. The fourth-order valence-electron chi connectivity index (χ4n) is 3.54. The van der Waals surface area contributed by atoms with Crippen LogP contribution in [0.25, 0.3) is 0 Å². The van der Waals surface area contributed by atoms with E-state index in [0.29, 0.717) is 4.77 Å². The van der Waals surface area contributed by atoms with Gasteiger partial charge in [0.15, 0.2) is 4.77 Å². The SMILES string of the molecule is S=c1nc(N2CCCc3ccccc32)c2c([nH]1)CCNCC2. The van der Waals surface area contributed by atoms with Gasteiger partial charge in [-0.2, -0.15) is 0 Å². The number of nitrogens with zero attached hydrogens (tertiary/aromatic N) is 2. The van der Waals surface area contributed by atoms with Crippen LogP contribution in [0.2, 0.25) is 0 Å². The average molecular weight is 312 g/mol. The lowest BCUT2D eigenvalue weighted by atomic mass is 10.0. The van der Waals surface area contributed by atoms with Crippen molar-refractivity contribution < 1.29 is 0 Å². The number of rotatable bonds is 1. The highest BCUT2D eigenvalue weighted by Crippen LogP contribution is 2.35. The Bertz CT molecular complexity index is 753. The summed E-state index contributed by atoms with van der Waals surface area (Å²) in [5.41, 5.74) is 5.29. The van der Waals surface area contributed by atoms with E-state index in [1.807, 2.05) is 0 Å². The quantitative estimate of drug-likeness (QED) is 0.795. The molecule has 1 aromatic heterocycles. The summed E-state index contributed by atoms with van der Waals surface area (Å²) >= 11 is 5.38. The number of para-hydroxylation sites is 1. The van der Waals surface area contributed by atoms with E-state index >= 15 is 0 Å². The van der Waals surface area contributed by atoms with Gasteiger partial charge in [0.05, 0.1) is 0 Å². The topological polar surface area (TPSA) is 44.0 Å². The monoisotopic (exact) mass is 312 g/mol. The molecule has 3 heterocycles. The second-order valence-corrected chi connectivity index (χ2v) is 6.34. The Kier molecular flexibility index (Phi) is 3.68. The Balaban J connectivity index is 1.87. The Labute approximate surface area is 135 Å². The fraction of sp³-hybridized carbons (Fsp3) is 0.412. The highest BCUT2D eigenvalue weighted by Gasteiger charge is 2.23. The van der Waals surface area contributed by atoms with Gasteiger partial charge in [0.1, 0.15) is 5.82 Å². The van der Waals surface area contributed by atoms with Gasteiger partial charge in [0, 0.05) is 36.5 Å². The minimum absolute atomic E-state index is 0.596. The zero-order chi connectivity index (χ0) is 14.9. The van der Waals surface area contributed by atoms with Crippen molar-refractivity contribution in [1.82, 2.24) is 15.3 Å². The lowest BCUT2D eigenvalue weighted by Gasteiger charge is -2.32. The third-order valence-electron chi connectivity index (χ3n) is 4.57. The molecule has 0 bridgehead atoms. The molecule has 2 aliphatic heterocycles. The molecular formula is C17H20N4S. The number of nitrogens with one attached hydrogen (secondary N) is 2. The van der Waals surface area contributed by atoms with Gasteiger partial charge in [-0.3, -0.25) is 0 Å². The molecule has 0 amide bonds. The Morgan fingerprint density at radius 3 is 2.91 bits per heavy atom. The van der Waals surface area contributed by atoms with Crippen molar-refractivity contribution in [3.05, 3.63) is 45.9 Å². The van der Waals surface area contributed by atoms with Gasteiger partial charge in [-0.15, -0.1) is 0 Å². The molecule has 0 saturated heterocycles. The Morgan fingerprint density at radius 2 is 1.95 bits per heavy atom. The van der Waals surface area contributed by atoms with Crippen LogP contribution in [0, 0.1) is 4.77 Å². The number of aromatic amines is 1. The van der Waals surface area contributed by atoms with E-state index in [1.54, 1.807) is 0 Å². The van der Waals surface area contributed by atoms with Crippen LogP contribution in [-0.4, -0.2) is 29.6 Å². The third-order valence-corrected chi connectivity index (χ3v) is 4.76. The summed E-state index contributed by atoms with van der Waals surface area (Å²) in [6.07, 6.45) is 4.31. The maximum Gasteiger partial charge on any atom is 0.198 e. The van der Waals surface area contributed by atoms with Crippen molar-refractivity contribution in [2.24, 2.45) is 0 Å². The maximum atomic E-state index is 5.38. The molecule has 0 atom stereocenters. The molecular weight excluding hydrogens is 292 g/mol. The van der Waals surface area contributed by atoms with Gasteiger partial charge in [0.25, 0.3) is 0 Å². The van der Waals surface area contributed by atoms with Crippen LogP contribution < -0.4 is 10.2 Å². The average Bonchev–Trinajstić information content (AvgIpc) is 2.79.